The molecule has 0 aliphatic carbocycles. The van der Waals surface area contributed by atoms with Crippen LogP contribution in [-0.2, 0) is 0 Å². The molecule has 0 radical (unpaired) electrons. The van der Waals surface area contributed by atoms with E-state index >= 15 is 0 Å². The number of halogens is 1. The fourth-order valence-electron chi connectivity index (χ4n) is 3.84. The van der Waals surface area contributed by atoms with Crippen molar-refractivity contribution in [1.29, 1.82) is 0 Å². The Morgan fingerprint density at radius 1 is 1.03 bits per heavy atom. The summed E-state index contributed by atoms with van der Waals surface area (Å²) in [6.45, 7) is 8.36. The fourth-order valence-corrected chi connectivity index (χ4v) is 3.84. The number of likely N-dealkylation sites (N-methyl/N-ethyl adjacent to an activating group) is 1. The van der Waals surface area contributed by atoms with Gasteiger partial charge in [0, 0.05) is 31.2 Å². The van der Waals surface area contributed by atoms with E-state index in [0.29, 0.717) is 25.3 Å². The summed E-state index contributed by atoms with van der Waals surface area (Å²) in [5, 5.41) is 0. The number of aryl methyl sites for hydroxylation is 1. The first kappa shape index (κ1) is 23.3. The summed E-state index contributed by atoms with van der Waals surface area (Å²) in [4.78, 5) is 28.1. The number of hydrogen-bond acceptors (Lipinski definition) is 5. The molecule has 0 N–H and O–H groups in total. The summed E-state index contributed by atoms with van der Waals surface area (Å²) in [5.41, 5.74) is 1.39. The highest BCUT2D eigenvalue weighted by molar-refractivity contribution is 6.00. The molecule has 6 nitrogen and oxygen atoms in total. The topological polar surface area (TPSA) is 68.2 Å². The summed E-state index contributed by atoms with van der Waals surface area (Å²) >= 11 is 0. The zero-order valence-electron chi connectivity index (χ0n) is 19.0. The van der Waals surface area contributed by atoms with Crippen LogP contribution >= 0.6 is 0 Å². The fraction of sp³-hybridized carbons (Fsp3) is 0.360. The van der Waals surface area contributed by atoms with Gasteiger partial charge in [-0.05, 0) is 50.5 Å². The summed E-state index contributed by atoms with van der Waals surface area (Å²) in [7, 11) is 0. The van der Waals surface area contributed by atoms with Crippen molar-refractivity contribution in [1.82, 2.24) is 19.9 Å². The van der Waals surface area contributed by atoms with Crippen molar-refractivity contribution < 1.29 is 13.9 Å². The predicted octanol–water partition coefficient (Wildman–Crippen LogP) is 5.08. The number of hydrogen-bond donors (Lipinski definition) is 0. The molecule has 0 saturated carbocycles. The third-order valence-electron chi connectivity index (χ3n) is 5.44. The second-order valence-corrected chi connectivity index (χ2v) is 7.54. The van der Waals surface area contributed by atoms with E-state index in [1.165, 1.54) is 24.5 Å². The molecule has 2 heterocycles. The van der Waals surface area contributed by atoms with Crippen LogP contribution in [0, 0.1) is 12.7 Å². The van der Waals surface area contributed by atoms with E-state index in [1.54, 1.807) is 23.2 Å². The highest BCUT2D eigenvalue weighted by Gasteiger charge is 2.32. The zero-order valence-corrected chi connectivity index (χ0v) is 19.0. The van der Waals surface area contributed by atoms with Crippen LogP contribution in [0.25, 0.3) is 11.4 Å². The van der Waals surface area contributed by atoms with Gasteiger partial charge in [0.25, 0.3) is 5.91 Å². The molecular weight excluding hydrogens is 407 g/mol. The Balaban J connectivity index is 1.95. The predicted molar refractivity (Wildman–Crippen MR) is 122 cm³/mol. The van der Waals surface area contributed by atoms with Crippen molar-refractivity contribution in [2.24, 2.45) is 0 Å². The van der Waals surface area contributed by atoms with E-state index in [9.17, 15) is 9.18 Å². The lowest BCUT2D eigenvalue weighted by molar-refractivity contribution is 0.0416. The molecule has 2 unspecified atom stereocenters. The van der Waals surface area contributed by atoms with E-state index < -0.39 is 5.82 Å². The molecule has 0 aliphatic heterocycles. The van der Waals surface area contributed by atoms with Gasteiger partial charge < -0.3 is 9.64 Å². The Bertz CT molecular complexity index is 1030. The van der Waals surface area contributed by atoms with Gasteiger partial charge in [-0.1, -0.05) is 26.0 Å². The molecule has 32 heavy (non-hydrogen) atoms. The molecule has 0 saturated heterocycles. The van der Waals surface area contributed by atoms with Crippen LogP contribution < -0.4 is 4.74 Å². The van der Waals surface area contributed by atoms with Gasteiger partial charge in [-0.3, -0.25) is 4.79 Å². The van der Waals surface area contributed by atoms with Crippen molar-refractivity contribution in [3.8, 4) is 17.3 Å². The SMILES string of the molecule is CCC(Oc1ccc(C)cn1)C(CC)N(CC)C(=O)c1cccc(F)c1-c1ncccn1. The first-order chi connectivity index (χ1) is 15.5. The number of rotatable bonds is 9. The van der Waals surface area contributed by atoms with Gasteiger partial charge in [-0.25, -0.2) is 19.3 Å². The number of carbonyl (C=O) groups excluding carboxylic acids is 1. The van der Waals surface area contributed by atoms with Gasteiger partial charge in [0.05, 0.1) is 17.2 Å². The molecule has 0 bridgehead atoms. The molecule has 168 valence electrons. The minimum Gasteiger partial charge on any atom is -0.472 e. The molecule has 0 spiro atoms. The molecule has 1 aromatic carbocycles. The standard InChI is InChI=1S/C25H29FN4O2/c1-5-20(21(6-2)32-22-13-12-17(4)16-29-22)30(7-3)25(31)18-10-8-11-19(26)23(18)24-27-14-9-15-28-24/h8-16,20-21H,5-7H2,1-4H3. The van der Waals surface area contributed by atoms with Crippen LogP contribution in [-0.4, -0.2) is 44.4 Å². The lowest BCUT2D eigenvalue weighted by Crippen LogP contribution is -2.48. The third-order valence-corrected chi connectivity index (χ3v) is 5.44. The second-order valence-electron chi connectivity index (χ2n) is 7.54. The molecule has 2 atom stereocenters. The van der Waals surface area contributed by atoms with Gasteiger partial charge in [0.2, 0.25) is 5.88 Å². The number of benzene rings is 1. The minimum absolute atomic E-state index is 0.112. The molecule has 1 amide bonds. The number of ether oxygens (including phenoxy) is 1. The van der Waals surface area contributed by atoms with Gasteiger partial charge in [-0.15, -0.1) is 0 Å². The Hall–Kier alpha value is -3.35. The van der Waals surface area contributed by atoms with Crippen LogP contribution in [0.2, 0.25) is 0 Å². The Morgan fingerprint density at radius 3 is 2.38 bits per heavy atom. The van der Waals surface area contributed by atoms with Gasteiger partial charge in [0.1, 0.15) is 11.9 Å². The smallest absolute Gasteiger partial charge is 0.255 e. The normalized spacial score (nSPS) is 12.8. The van der Waals surface area contributed by atoms with E-state index in [-0.39, 0.29) is 35.0 Å². The van der Waals surface area contributed by atoms with Crippen LogP contribution in [0.5, 0.6) is 5.88 Å². The van der Waals surface area contributed by atoms with E-state index in [0.717, 1.165) is 5.56 Å². The average molecular weight is 437 g/mol. The van der Waals surface area contributed by atoms with Crippen molar-refractivity contribution in [3.63, 3.8) is 0 Å². The largest absolute Gasteiger partial charge is 0.472 e. The molecule has 2 aromatic heterocycles. The van der Waals surface area contributed by atoms with E-state index in [1.807, 2.05) is 39.8 Å². The van der Waals surface area contributed by atoms with E-state index in [4.69, 9.17) is 4.74 Å². The lowest BCUT2D eigenvalue weighted by atomic mass is 10.00. The second kappa shape index (κ2) is 10.8. The maximum atomic E-state index is 14.8. The van der Waals surface area contributed by atoms with Crippen molar-refractivity contribution in [2.75, 3.05) is 6.54 Å². The molecular formula is C25H29FN4O2. The first-order valence-electron chi connectivity index (χ1n) is 11.0. The Labute approximate surface area is 188 Å². The highest BCUT2D eigenvalue weighted by Crippen LogP contribution is 2.27. The molecule has 7 heteroatoms. The molecule has 3 aromatic rings. The number of amides is 1. The molecule has 0 fully saturated rings. The number of nitrogens with zero attached hydrogens (tertiary/aromatic N) is 4. The van der Waals surface area contributed by atoms with Gasteiger partial charge in [-0.2, -0.15) is 0 Å². The number of aromatic nitrogens is 3. The minimum atomic E-state index is -0.529. The third kappa shape index (κ3) is 5.10. The maximum Gasteiger partial charge on any atom is 0.255 e. The quantitative estimate of drug-likeness (QED) is 0.468. The van der Waals surface area contributed by atoms with Crippen LogP contribution in [0.4, 0.5) is 4.39 Å². The molecule has 3 rings (SSSR count). The van der Waals surface area contributed by atoms with Gasteiger partial charge >= 0.3 is 0 Å². The Kier molecular flexibility index (Phi) is 7.87. The van der Waals surface area contributed by atoms with E-state index in [2.05, 4.69) is 15.0 Å². The monoisotopic (exact) mass is 436 g/mol. The number of carbonyl (C=O) groups is 1. The summed E-state index contributed by atoms with van der Waals surface area (Å²) in [6, 6.07) is 9.69. The number of pyridine rings is 1. The summed E-state index contributed by atoms with van der Waals surface area (Å²) in [6.07, 6.45) is 5.93. The van der Waals surface area contributed by atoms with Crippen LogP contribution in [0.15, 0.2) is 55.0 Å². The highest BCUT2D eigenvalue weighted by atomic mass is 19.1. The zero-order chi connectivity index (χ0) is 23.1. The summed E-state index contributed by atoms with van der Waals surface area (Å²) < 4.78 is 21.0. The summed E-state index contributed by atoms with van der Waals surface area (Å²) in [5.74, 6) is -0.0998. The average Bonchev–Trinajstić information content (AvgIpc) is 2.82. The molecule has 0 aliphatic rings. The van der Waals surface area contributed by atoms with Crippen LogP contribution in [0.3, 0.4) is 0 Å². The first-order valence-corrected chi connectivity index (χ1v) is 11.0. The Morgan fingerprint density at radius 2 is 1.78 bits per heavy atom. The van der Waals surface area contributed by atoms with Crippen LogP contribution in [0.1, 0.15) is 49.5 Å². The lowest BCUT2D eigenvalue weighted by Gasteiger charge is -2.36. The van der Waals surface area contributed by atoms with Gasteiger partial charge in [0.15, 0.2) is 5.82 Å². The van der Waals surface area contributed by atoms with Crippen molar-refractivity contribution in [2.45, 2.75) is 52.7 Å². The maximum absolute atomic E-state index is 14.8. The van der Waals surface area contributed by atoms with Crippen molar-refractivity contribution >= 4 is 5.91 Å². The van der Waals surface area contributed by atoms with Crippen molar-refractivity contribution in [3.05, 3.63) is 71.9 Å².